The van der Waals surface area contributed by atoms with E-state index in [9.17, 15) is 9.90 Å². The zero-order chi connectivity index (χ0) is 19.0. The lowest BCUT2D eigenvalue weighted by Crippen LogP contribution is -2.42. The summed E-state index contributed by atoms with van der Waals surface area (Å²) in [5.74, 6) is 0.609. The molecular formula is C19H25N5O3. The summed E-state index contributed by atoms with van der Waals surface area (Å²) in [5, 5.41) is 20.2. The fourth-order valence-corrected chi connectivity index (χ4v) is 3.92. The van der Waals surface area contributed by atoms with Crippen molar-refractivity contribution in [1.82, 2.24) is 25.4 Å². The van der Waals surface area contributed by atoms with Crippen LogP contribution in [0.25, 0.3) is 0 Å². The highest BCUT2D eigenvalue weighted by molar-refractivity contribution is 5.94. The van der Waals surface area contributed by atoms with Crippen LogP contribution in [0.1, 0.15) is 46.2 Å². The molecular weight excluding hydrogens is 346 g/mol. The van der Waals surface area contributed by atoms with Crippen LogP contribution in [-0.2, 0) is 13.0 Å². The number of aliphatic hydroxyl groups excluding tert-OH is 1. The summed E-state index contributed by atoms with van der Waals surface area (Å²) in [6.07, 6.45) is 5.25. The summed E-state index contributed by atoms with van der Waals surface area (Å²) in [6.45, 7) is 1.66. The summed E-state index contributed by atoms with van der Waals surface area (Å²) >= 11 is 0. The molecule has 8 nitrogen and oxygen atoms in total. The Morgan fingerprint density at radius 2 is 2.26 bits per heavy atom. The molecule has 2 aromatic rings. The van der Waals surface area contributed by atoms with Crippen molar-refractivity contribution in [2.75, 3.05) is 20.7 Å². The van der Waals surface area contributed by atoms with E-state index < -0.39 is 0 Å². The van der Waals surface area contributed by atoms with Crippen molar-refractivity contribution >= 4 is 5.91 Å². The molecule has 1 aliphatic heterocycles. The fourth-order valence-electron chi connectivity index (χ4n) is 3.92. The maximum absolute atomic E-state index is 13.0. The van der Waals surface area contributed by atoms with Crippen molar-refractivity contribution in [3.05, 3.63) is 41.0 Å². The van der Waals surface area contributed by atoms with Gasteiger partial charge in [0.15, 0.2) is 5.69 Å². The van der Waals surface area contributed by atoms with Crippen molar-refractivity contribution < 1.29 is 14.6 Å². The summed E-state index contributed by atoms with van der Waals surface area (Å²) in [5.41, 5.74) is 3.34. The van der Waals surface area contributed by atoms with Crippen molar-refractivity contribution in [2.24, 2.45) is 5.92 Å². The van der Waals surface area contributed by atoms with E-state index in [0.29, 0.717) is 30.8 Å². The first kappa shape index (κ1) is 17.9. The molecule has 4 rings (SSSR count). The number of ether oxygens (including phenoxy) is 1. The van der Waals surface area contributed by atoms with Crippen LogP contribution in [0, 0.1) is 5.92 Å². The van der Waals surface area contributed by atoms with Crippen molar-refractivity contribution in [3.63, 3.8) is 0 Å². The Morgan fingerprint density at radius 1 is 1.44 bits per heavy atom. The smallest absolute Gasteiger partial charge is 0.272 e. The van der Waals surface area contributed by atoms with Crippen LogP contribution in [-0.4, -0.2) is 57.9 Å². The molecule has 1 fully saturated rings. The Hall–Kier alpha value is -2.45. The van der Waals surface area contributed by atoms with E-state index in [1.165, 1.54) is 0 Å². The van der Waals surface area contributed by atoms with Gasteiger partial charge in [-0.25, -0.2) is 0 Å². The van der Waals surface area contributed by atoms with E-state index >= 15 is 0 Å². The highest BCUT2D eigenvalue weighted by Gasteiger charge is 2.37. The van der Waals surface area contributed by atoms with Gasteiger partial charge in [0.2, 0.25) is 0 Å². The van der Waals surface area contributed by atoms with E-state index in [-0.39, 0.29) is 24.0 Å². The van der Waals surface area contributed by atoms with Crippen molar-refractivity contribution in [3.8, 4) is 5.75 Å². The number of hydrogen-bond acceptors (Lipinski definition) is 6. The molecule has 2 aromatic heterocycles. The van der Waals surface area contributed by atoms with Crippen LogP contribution >= 0.6 is 0 Å². The van der Waals surface area contributed by atoms with Crippen LogP contribution in [0.5, 0.6) is 5.75 Å². The maximum atomic E-state index is 13.0. The second kappa shape index (κ2) is 7.28. The van der Waals surface area contributed by atoms with Gasteiger partial charge in [0.25, 0.3) is 5.91 Å². The quantitative estimate of drug-likeness (QED) is 0.726. The van der Waals surface area contributed by atoms with E-state index in [0.717, 1.165) is 29.8 Å². The van der Waals surface area contributed by atoms with Gasteiger partial charge in [-0.2, -0.15) is 5.10 Å². The largest absolute Gasteiger partial charge is 0.495 e. The van der Waals surface area contributed by atoms with Gasteiger partial charge in [-0.3, -0.25) is 14.9 Å². The zero-order valence-corrected chi connectivity index (χ0v) is 15.6. The van der Waals surface area contributed by atoms with E-state index in [2.05, 4.69) is 25.4 Å². The van der Waals surface area contributed by atoms with Gasteiger partial charge in [0, 0.05) is 37.0 Å². The standard InChI is InChI=1S/C19H25N5O3/c1-24-4-3-16-15(10-24)18(23-22-16)19(26)21-17(11-5-13(25)6-11)12-7-14(27-2)9-20-8-12/h7-9,11,13,17,25H,3-6,10H2,1-2H3,(H,21,26)(H,22,23)/t11?,13?,17-/m0/s1. The minimum absolute atomic E-state index is 0.162. The normalized spacial score (nSPS) is 23.2. The first-order chi connectivity index (χ1) is 13.0. The molecule has 1 amide bonds. The molecule has 0 saturated heterocycles. The Bertz CT molecular complexity index is 831. The van der Waals surface area contributed by atoms with E-state index in [1.807, 2.05) is 13.1 Å². The number of nitrogens with zero attached hydrogens (tertiary/aromatic N) is 3. The van der Waals surface area contributed by atoms with Gasteiger partial charge < -0.3 is 20.1 Å². The molecule has 2 aliphatic rings. The molecule has 3 N–H and O–H groups in total. The average Bonchev–Trinajstić information content (AvgIpc) is 3.07. The van der Waals surface area contributed by atoms with Crippen molar-refractivity contribution in [2.45, 2.75) is 38.0 Å². The van der Waals surface area contributed by atoms with Crippen LogP contribution < -0.4 is 10.1 Å². The summed E-state index contributed by atoms with van der Waals surface area (Å²) in [4.78, 5) is 19.4. The predicted octanol–water partition coefficient (Wildman–Crippen LogP) is 1.04. The minimum Gasteiger partial charge on any atom is -0.495 e. The third-order valence-electron chi connectivity index (χ3n) is 5.58. The minimum atomic E-state index is -0.306. The topological polar surface area (TPSA) is 103 Å². The van der Waals surface area contributed by atoms with Crippen LogP contribution in [0.4, 0.5) is 0 Å². The fraction of sp³-hybridized carbons (Fsp3) is 0.526. The summed E-state index contributed by atoms with van der Waals surface area (Å²) < 4.78 is 5.27. The summed E-state index contributed by atoms with van der Waals surface area (Å²) in [6, 6.07) is 1.65. The molecule has 0 unspecified atom stereocenters. The number of amides is 1. The number of H-pyrrole nitrogens is 1. The van der Waals surface area contributed by atoms with Crippen molar-refractivity contribution in [1.29, 1.82) is 0 Å². The average molecular weight is 371 g/mol. The number of nitrogens with one attached hydrogen (secondary N) is 2. The van der Waals surface area contributed by atoms with Gasteiger partial charge in [0.05, 0.1) is 25.5 Å². The maximum Gasteiger partial charge on any atom is 0.272 e. The van der Waals surface area contributed by atoms with Gasteiger partial charge in [-0.15, -0.1) is 0 Å². The molecule has 3 heterocycles. The Labute approximate surface area is 157 Å². The third-order valence-corrected chi connectivity index (χ3v) is 5.58. The molecule has 1 saturated carbocycles. The number of fused-ring (bicyclic) bond motifs is 1. The highest BCUT2D eigenvalue weighted by Crippen LogP contribution is 2.38. The van der Waals surface area contributed by atoms with Crippen LogP contribution in [0.2, 0.25) is 0 Å². The SMILES string of the molecule is COc1cncc([C@@H](NC(=O)c2n[nH]c3c2CN(C)CC3)C2CC(O)C2)c1. The molecule has 8 heteroatoms. The van der Waals surface area contributed by atoms with E-state index in [1.54, 1.807) is 19.5 Å². The van der Waals surface area contributed by atoms with Gasteiger partial charge >= 0.3 is 0 Å². The number of carbonyl (C=O) groups excluding carboxylic acids is 1. The van der Waals surface area contributed by atoms with Gasteiger partial charge in [-0.05, 0) is 37.4 Å². The Balaban J connectivity index is 1.58. The zero-order valence-electron chi connectivity index (χ0n) is 15.6. The number of likely N-dealkylation sites (N-methyl/N-ethyl adjacent to an activating group) is 1. The monoisotopic (exact) mass is 371 g/mol. The van der Waals surface area contributed by atoms with Crippen LogP contribution in [0.15, 0.2) is 18.5 Å². The molecule has 0 spiro atoms. The second-order valence-electron chi connectivity index (χ2n) is 7.51. The number of aromatic amines is 1. The lowest BCUT2D eigenvalue weighted by Gasteiger charge is -2.38. The van der Waals surface area contributed by atoms with Gasteiger partial charge in [-0.1, -0.05) is 0 Å². The number of methoxy groups -OCH3 is 1. The number of pyridine rings is 1. The molecule has 144 valence electrons. The molecule has 0 aromatic carbocycles. The summed E-state index contributed by atoms with van der Waals surface area (Å²) in [7, 11) is 3.63. The highest BCUT2D eigenvalue weighted by atomic mass is 16.5. The lowest BCUT2D eigenvalue weighted by molar-refractivity contribution is 0.0233. The lowest BCUT2D eigenvalue weighted by atomic mass is 9.75. The molecule has 1 aliphatic carbocycles. The number of hydrogen-bond donors (Lipinski definition) is 3. The van der Waals surface area contributed by atoms with E-state index in [4.69, 9.17) is 4.74 Å². The first-order valence-corrected chi connectivity index (χ1v) is 9.27. The number of aromatic nitrogens is 3. The van der Waals surface area contributed by atoms with Gasteiger partial charge in [0.1, 0.15) is 5.75 Å². The Morgan fingerprint density at radius 3 is 3.00 bits per heavy atom. The molecule has 27 heavy (non-hydrogen) atoms. The third kappa shape index (κ3) is 3.54. The molecule has 1 atom stereocenters. The Kier molecular flexibility index (Phi) is 4.84. The van der Waals surface area contributed by atoms with Crippen LogP contribution in [0.3, 0.4) is 0 Å². The second-order valence-corrected chi connectivity index (χ2v) is 7.51. The molecule has 0 radical (unpaired) electrons. The number of rotatable bonds is 5. The predicted molar refractivity (Wildman–Crippen MR) is 98.4 cm³/mol. The first-order valence-electron chi connectivity index (χ1n) is 9.27. The number of carbonyl (C=O) groups is 1. The number of aliphatic hydroxyl groups is 1. The molecule has 0 bridgehead atoms.